The fraction of sp³-hybridized carbons (Fsp3) is 0.0645. The maximum atomic E-state index is 13.5. The zero-order valence-electron chi connectivity index (χ0n) is 21.6. The van der Waals surface area contributed by atoms with Gasteiger partial charge in [0.15, 0.2) is 0 Å². The van der Waals surface area contributed by atoms with Crippen molar-refractivity contribution in [2.45, 2.75) is 13.2 Å². The lowest BCUT2D eigenvalue weighted by Crippen LogP contribution is -2.54. The maximum absolute atomic E-state index is 13.5. The molecule has 212 valence electrons. The summed E-state index contributed by atoms with van der Waals surface area (Å²) in [6, 6.07) is 23.0. The Hall–Kier alpha value is -4.01. The molecule has 11 heteroatoms. The standard InChI is InChI=1S/C31H20Cl4N2O5/c32-21-7-6-19(26(34)14-21)17-42-28-20(12-22(33)15-27(28)35)13-25-29(38)36-31(40)37(30(25)39)23-8-10-24(11-9-23)41-16-18-4-2-1-3-5-18/h1-15H,16-17H2,(H,36,38,40)/b25-13+. The topological polar surface area (TPSA) is 84.9 Å². The number of hydrogen-bond acceptors (Lipinski definition) is 5. The average molecular weight is 642 g/mol. The first-order valence-electron chi connectivity index (χ1n) is 12.4. The summed E-state index contributed by atoms with van der Waals surface area (Å²) in [5.41, 5.74) is 1.77. The van der Waals surface area contributed by atoms with E-state index < -0.39 is 17.8 Å². The molecular formula is C31H20Cl4N2O5. The molecule has 0 radical (unpaired) electrons. The number of ether oxygens (including phenoxy) is 2. The van der Waals surface area contributed by atoms with Gasteiger partial charge in [-0.05, 0) is 60.2 Å². The normalized spacial score (nSPS) is 14.2. The number of carbonyl (C=O) groups is 3. The third-order valence-electron chi connectivity index (χ3n) is 6.17. The highest BCUT2D eigenvalue weighted by Crippen LogP contribution is 2.36. The van der Waals surface area contributed by atoms with Gasteiger partial charge in [0.2, 0.25) is 0 Å². The average Bonchev–Trinajstić information content (AvgIpc) is 2.95. The molecule has 0 unspecified atom stereocenters. The summed E-state index contributed by atoms with van der Waals surface area (Å²) in [4.78, 5) is 39.9. The predicted octanol–water partition coefficient (Wildman–Crippen LogP) is 8.12. The molecule has 4 amide bonds. The Morgan fingerprint density at radius 1 is 0.738 bits per heavy atom. The first-order chi connectivity index (χ1) is 20.2. The minimum Gasteiger partial charge on any atom is -0.489 e. The SMILES string of the molecule is O=C1NC(=O)N(c2ccc(OCc3ccccc3)cc2)C(=O)/C1=C/c1cc(Cl)cc(Cl)c1OCc1ccc(Cl)cc1Cl. The Labute approximate surface area is 261 Å². The first-order valence-corrected chi connectivity index (χ1v) is 13.9. The van der Waals surface area contributed by atoms with E-state index in [4.69, 9.17) is 55.9 Å². The Balaban J connectivity index is 1.40. The van der Waals surface area contributed by atoms with E-state index in [0.717, 1.165) is 10.5 Å². The van der Waals surface area contributed by atoms with Crippen molar-refractivity contribution in [1.82, 2.24) is 5.32 Å². The largest absolute Gasteiger partial charge is 0.489 e. The van der Waals surface area contributed by atoms with Gasteiger partial charge in [0, 0.05) is 26.2 Å². The Morgan fingerprint density at radius 2 is 1.45 bits per heavy atom. The van der Waals surface area contributed by atoms with Gasteiger partial charge in [0.25, 0.3) is 11.8 Å². The third-order valence-corrected chi connectivity index (χ3v) is 7.25. The summed E-state index contributed by atoms with van der Waals surface area (Å²) in [5.74, 6) is -1.03. The zero-order valence-corrected chi connectivity index (χ0v) is 24.6. The van der Waals surface area contributed by atoms with E-state index in [1.54, 1.807) is 42.5 Å². The van der Waals surface area contributed by atoms with Crippen LogP contribution in [0.15, 0.2) is 90.5 Å². The molecule has 0 aromatic heterocycles. The lowest BCUT2D eigenvalue weighted by atomic mass is 10.1. The molecule has 7 nitrogen and oxygen atoms in total. The van der Waals surface area contributed by atoms with Crippen molar-refractivity contribution in [2.75, 3.05) is 4.90 Å². The lowest BCUT2D eigenvalue weighted by Gasteiger charge is -2.26. The van der Waals surface area contributed by atoms with Crippen LogP contribution in [-0.4, -0.2) is 17.8 Å². The van der Waals surface area contributed by atoms with Crippen LogP contribution in [0.5, 0.6) is 11.5 Å². The number of barbiturate groups is 1. The molecule has 1 aliphatic heterocycles. The highest BCUT2D eigenvalue weighted by atomic mass is 35.5. The smallest absolute Gasteiger partial charge is 0.335 e. The molecule has 1 aliphatic rings. The van der Waals surface area contributed by atoms with Crippen LogP contribution in [0.3, 0.4) is 0 Å². The van der Waals surface area contributed by atoms with Gasteiger partial charge in [-0.15, -0.1) is 0 Å². The summed E-state index contributed by atoms with van der Waals surface area (Å²) in [6.07, 6.45) is 1.27. The van der Waals surface area contributed by atoms with E-state index in [1.807, 2.05) is 30.3 Å². The first kappa shape index (κ1) is 29.5. The monoisotopic (exact) mass is 640 g/mol. The van der Waals surface area contributed by atoms with Gasteiger partial charge in [0.05, 0.1) is 10.7 Å². The Kier molecular flexibility index (Phi) is 9.04. The number of nitrogens with zero attached hydrogens (tertiary/aromatic N) is 1. The number of halogens is 4. The van der Waals surface area contributed by atoms with E-state index in [9.17, 15) is 14.4 Å². The number of nitrogens with one attached hydrogen (secondary N) is 1. The lowest BCUT2D eigenvalue weighted by molar-refractivity contribution is -0.122. The molecule has 0 aliphatic carbocycles. The Bertz CT molecular complexity index is 1710. The van der Waals surface area contributed by atoms with Crippen LogP contribution < -0.4 is 19.7 Å². The van der Waals surface area contributed by atoms with Crippen LogP contribution in [0.4, 0.5) is 10.5 Å². The fourth-order valence-corrected chi connectivity index (χ4v) is 5.13. The van der Waals surface area contributed by atoms with Crippen LogP contribution >= 0.6 is 46.4 Å². The summed E-state index contributed by atoms with van der Waals surface area (Å²) in [7, 11) is 0. The van der Waals surface area contributed by atoms with E-state index >= 15 is 0 Å². The van der Waals surface area contributed by atoms with Gasteiger partial charge >= 0.3 is 6.03 Å². The molecule has 5 rings (SSSR count). The van der Waals surface area contributed by atoms with Crippen molar-refractivity contribution in [3.8, 4) is 11.5 Å². The summed E-state index contributed by atoms with van der Waals surface area (Å²) in [5, 5.41) is 3.44. The number of hydrogen-bond donors (Lipinski definition) is 1. The van der Waals surface area contributed by atoms with Crippen LogP contribution in [0.1, 0.15) is 16.7 Å². The number of carbonyl (C=O) groups excluding carboxylic acids is 3. The van der Waals surface area contributed by atoms with Crippen molar-refractivity contribution < 1.29 is 23.9 Å². The van der Waals surface area contributed by atoms with E-state index in [1.165, 1.54) is 18.2 Å². The number of urea groups is 1. The number of amides is 4. The molecular weight excluding hydrogens is 622 g/mol. The summed E-state index contributed by atoms with van der Waals surface area (Å²) in [6.45, 7) is 0.360. The molecule has 4 aromatic rings. The second-order valence-electron chi connectivity index (χ2n) is 9.06. The van der Waals surface area contributed by atoms with Gasteiger partial charge < -0.3 is 9.47 Å². The van der Waals surface area contributed by atoms with Crippen molar-refractivity contribution in [3.05, 3.63) is 127 Å². The molecule has 1 saturated heterocycles. The Morgan fingerprint density at radius 3 is 2.17 bits per heavy atom. The van der Waals surface area contributed by atoms with Gasteiger partial charge in [-0.25, -0.2) is 9.69 Å². The van der Waals surface area contributed by atoms with Crippen molar-refractivity contribution in [1.29, 1.82) is 0 Å². The molecule has 1 heterocycles. The summed E-state index contributed by atoms with van der Waals surface area (Å²) >= 11 is 24.9. The second kappa shape index (κ2) is 12.9. The molecule has 1 N–H and O–H groups in total. The van der Waals surface area contributed by atoms with E-state index in [-0.39, 0.29) is 39.2 Å². The van der Waals surface area contributed by atoms with Gasteiger partial charge in [-0.2, -0.15) is 0 Å². The molecule has 42 heavy (non-hydrogen) atoms. The van der Waals surface area contributed by atoms with Crippen LogP contribution in [-0.2, 0) is 22.8 Å². The quantitative estimate of drug-likeness (QED) is 0.155. The fourth-order valence-electron chi connectivity index (χ4n) is 4.11. The number of rotatable bonds is 8. The van der Waals surface area contributed by atoms with Gasteiger partial charge in [-0.1, -0.05) is 82.8 Å². The van der Waals surface area contributed by atoms with Crippen molar-refractivity contribution >= 4 is 76.0 Å². The molecule has 0 saturated carbocycles. The molecule has 4 aromatic carbocycles. The van der Waals surface area contributed by atoms with Crippen molar-refractivity contribution in [3.63, 3.8) is 0 Å². The van der Waals surface area contributed by atoms with E-state index in [0.29, 0.717) is 28.0 Å². The van der Waals surface area contributed by atoms with Crippen molar-refractivity contribution in [2.24, 2.45) is 0 Å². The predicted molar refractivity (Wildman–Crippen MR) is 163 cm³/mol. The van der Waals surface area contributed by atoms with Crippen LogP contribution in [0, 0.1) is 0 Å². The van der Waals surface area contributed by atoms with Crippen LogP contribution in [0.2, 0.25) is 20.1 Å². The minimum atomic E-state index is -0.891. The third kappa shape index (κ3) is 6.72. The molecule has 0 bridgehead atoms. The van der Waals surface area contributed by atoms with E-state index in [2.05, 4.69) is 5.32 Å². The highest BCUT2D eigenvalue weighted by molar-refractivity contribution is 6.40. The maximum Gasteiger partial charge on any atom is 0.335 e. The van der Waals surface area contributed by atoms with Gasteiger partial charge in [0.1, 0.15) is 30.3 Å². The zero-order chi connectivity index (χ0) is 29.8. The highest BCUT2D eigenvalue weighted by Gasteiger charge is 2.37. The number of anilines is 1. The molecule has 0 atom stereocenters. The molecule has 0 spiro atoms. The number of benzene rings is 4. The molecule has 1 fully saturated rings. The van der Waals surface area contributed by atoms with Gasteiger partial charge in [-0.3, -0.25) is 14.9 Å². The minimum absolute atomic E-state index is 0.0109. The second-order valence-corrected chi connectivity index (χ2v) is 10.7. The number of imide groups is 2. The van der Waals surface area contributed by atoms with Crippen LogP contribution in [0.25, 0.3) is 6.08 Å². The summed E-state index contributed by atoms with van der Waals surface area (Å²) < 4.78 is 11.7.